The number of fused-ring (bicyclic) bond motifs is 1. The van der Waals surface area contributed by atoms with Gasteiger partial charge in [0.1, 0.15) is 0 Å². The number of hydrogen-bond donors (Lipinski definition) is 0. The van der Waals surface area contributed by atoms with Crippen LogP contribution in [0.4, 0.5) is 4.79 Å². The molecule has 2 aromatic rings. The number of piperazine rings is 1. The lowest BCUT2D eigenvalue weighted by atomic mass is 9.99. The van der Waals surface area contributed by atoms with Gasteiger partial charge in [-0.25, -0.2) is 4.79 Å². The first-order chi connectivity index (χ1) is 12.4. The van der Waals surface area contributed by atoms with E-state index < -0.39 is 0 Å². The van der Waals surface area contributed by atoms with Crippen molar-refractivity contribution in [1.82, 2.24) is 14.8 Å². The second kappa shape index (κ2) is 7.32. The van der Waals surface area contributed by atoms with Gasteiger partial charge >= 0.3 is 6.09 Å². The summed E-state index contributed by atoms with van der Waals surface area (Å²) < 4.78 is 5.04. The van der Waals surface area contributed by atoms with E-state index in [1.807, 2.05) is 43.9 Å². The van der Waals surface area contributed by atoms with E-state index in [1.54, 1.807) is 11.8 Å². The van der Waals surface area contributed by atoms with Gasteiger partial charge in [-0.3, -0.25) is 9.78 Å². The average molecular weight is 355 g/mol. The number of pyridine rings is 1. The minimum Gasteiger partial charge on any atom is -0.450 e. The second-order valence-electron chi connectivity index (χ2n) is 6.70. The van der Waals surface area contributed by atoms with Crippen LogP contribution in [0.5, 0.6) is 0 Å². The van der Waals surface area contributed by atoms with Crippen LogP contribution in [0.1, 0.15) is 34.1 Å². The van der Waals surface area contributed by atoms with Gasteiger partial charge in [0.25, 0.3) is 5.91 Å². The van der Waals surface area contributed by atoms with E-state index >= 15 is 0 Å². The van der Waals surface area contributed by atoms with Gasteiger partial charge < -0.3 is 14.5 Å². The molecule has 0 N–H and O–H groups in total. The molecule has 0 unspecified atom stereocenters. The Kier molecular flexibility index (Phi) is 5.11. The molecule has 0 aliphatic carbocycles. The average Bonchev–Trinajstić information content (AvgIpc) is 2.63. The van der Waals surface area contributed by atoms with Crippen molar-refractivity contribution in [2.75, 3.05) is 32.8 Å². The standard InChI is InChI=1S/C20H25N3O3/c1-5-26-20(25)23-10-8-22(9-11-23)19(24)18-14(3)15(4)21-17-7-6-13(2)12-16(17)18/h6-7,12H,5,8-11H2,1-4H3. The van der Waals surface area contributed by atoms with Crippen LogP contribution < -0.4 is 0 Å². The first-order valence-electron chi connectivity index (χ1n) is 9.01. The summed E-state index contributed by atoms with van der Waals surface area (Å²) in [4.78, 5) is 33.2. The van der Waals surface area contributed by atoms with Crippen molar-refractivity contribution in [2.45, 2.75) is 27.7 Å². The smallest absolute Gasteiger partial charge is 0.409 e. The summed E-state index contributed by atoms with van der Waals surface area (Å²) in [6.45, 7) is 10.0. The number of carbonyl (C=O) groups is 2. The lowest BCUT2D eigenvalue weighted by Crippen LogP contribution is -2.50. The maximum absolute atomic E-state index is 13.3. The molecular weight excluding hydrogens is 330 g/mol. The predicted molar refractivity (Wildman–Crippen MR) is 100 cm³/mol. The number of hydrogen-bond acceptors (Lipinski definition) is 4. The van der Waals surface area contributed by atoms with Gasteiger partial charge in [0, 0.05) is 37.3 Å². The molecule has 1 aliphatic heterocycles. The largest absolute Gasteiger partial charge is 0.450 e. The zero-order valence-corrected chi connectivity index (χ0v) is 15.8. The number of nitrogens with zero attached hydrogens (tertiary/aromatic N) is 3. The van der Waals surface area contributed by atoms with Gasteiger partial charge in [-0.05, 0) is 45.4 Å². The predicted octanol–water partition coefficient (Wildman–Crippen LogP) is 3.07. The van der Waals surface area contributed by atoms with Gasteiger partial charge in [-0.15, -0.1) is 0 Å². The van der Waals surface area contributed by atoms with Crippen molar-refractivity contribution in [2.24, 2.45) is 0 Å². The maximum Gasteiger partial charge on any atom is 0.409 e. The molecule has 0 atom stereocenters. The molecule has 0 radical (unpaired) electrons. The van der Waals surface area contributed by atoms with Gasteiger partial charge in [0.15, 0.2) is 0 Å². The van der Waals surface area contributed by atoms with Crippen molar-refractivity contribution in [3.63, 3.8) is 0 Å². The normalized spacial score (nSPS) is 14.6. The summed E-state index contributed by atoms with van der Waals surface area (Å²) in [5.41, 5.74) is 4.45. The second-order valence-corrected chi connectivity index (χ2v) is 6.70. The van der Waals surface area contributed by atoms with Crippen molar-refractivity contribution >= 4 is 22.9 Å². The fraction of sp³-hybridized carbons (Fsp3) is 0.450. The number of carbonyl (C=O) groups excluding carboxylic acids is 2. The van der Waals surface area contributed by atoms with Crippen LogP contribution in [-0.2, 0) is 4.74 Å². The van der Waals surface area contributed by atoms with E-state index in [4.69, 9.17) is 4.74 Å². The summed E-state index contributed by atoms with van der Waals surface area (Å²) >= 11 is 0. The lowest BCUT2D eigenvalue weighted by Gasteiger charge is -2.34. The molecule has 1 aromatic carbocycles. The van der Waals surface area contributed by atoms with Crippen molar-refractivity contribution in [3.05, 3.63) is 40.6 Å². The summed E-state index contributed by atoms with van der Waals surface area (Å²) in [7, 11) is 0. The molecule has 1 saturated heterocycles. The number of amides is 2. The number of ether oxygens (including phenoxy) is 1. The highest BCUT2D eigenvalue weighted by molar-refractivity contribution is 6.07. The number of benzene rings is 1. The quantitative estimate of drug-likeness (QED) is 0.830. The number of rotatable bonds is 2. The molecule has 0 saturated carbocycles. The van der Waals surface area contributed by atoms with E-state index in [0.29, 0.717) is 32.8 Å². The third-order valence-electron chi connectivity index (χ3n) is 4.93. The van der Waals surface area contributed by atoms with E-state index in [9.17, 15) is 9.59 Å². The molecule has 0 bridgehead atoms. The Balaban J connectivity index is 1.88. The van der Waals surface area contributed by atoms with E-state index in [-0.39, 0.29) is 12.0 Å². The highest BCUT2D eigenvalue weighted by atomic mass is 16.6. The first kappa shape index (κ1) is 18.2. The van der Waals surface area contributed by atoms with Gasteiger partial charge in [0.2, 0.25) is 0 Å². The molecule has 1 aliphatic rings. The van der Waals surface area contributed by atoms with E-state index in [1.165, 1.54) is 0 Å². The molecule has 2 heterocycles. The van der Waals surface area contributed by atoms with Crippen LogP contribution in [0.2, 0.25) is 0 Å². The van der Waals surface area contributed by atoms with Crippen molar-refractivity contribution in [3.8, 4) is 0 Å². The third-order valence-corrected chi connectivity index (χ3v) is 4.93. The van der Waals surface area contributed by atoms with Crippen LogP contribution >= 0.6 is 0 Å². The van der Waals surface area contributed by atoms with Gasteiger partial charge in [-0.1, -0.05) is 11.6 Å². The Morgan fingerprint density at radius 1 is 1.08 bits per heavy atom. The van der Waals surface area contributed by atoms with Gasteiger partial charge in [0.05, 0.1) is 17.7 Å². The summed E-state index contributed by atoms with van der Waals surface area (Å²) in [5.74, 6) is 0.00658. The van der Waals surface area contributed by atoms with Crippen molar-refractivity contribution in [1.29, 1.82) is 0 Å². The van der Waals surface area contributed by atoms with E-state index in [2.05, 4.69) is 4.98 Å². The Labute approximate surface area is 153 Å². The van der Waals surface area contributed by atoms with Crippen LogP contribution in [0.25, 0.3) is 10.9 Å². The third kappa shape index (κ3) is 3.36. The molecule has 6 nitrogen and oxygen atoms in total. The fourth-order valence-corrected chi connectivity index (χ4v) is 3.34. The topological polar surface area (TPSA) is 62.7 Å². The number of aromatic nitrogens is 1. The van der Waals surface area contributed by atoms with Crippen LogP contribution in [-0.4, -0.2) is 59.6 Å². The molecule has 6 heteroatoms. The highest BCUT2D eigenvalue weighted by Gasteiger charge is 2.27. The minimum absolute atomic E-state index is 0.00658. The highest BCUT2D eigenvalue weighted by Crippen LogP contribution is 2.26. The lowest BCUT2D eigenvalue weighted by molar-refractivity contribution is 0.0571. The SMILES string of the molecule is CCOC(=O)N1CCN(C(=O)c2c(C)c(C)nc3ccc(C)cc23)CC1. The molecule has 1 aromatic heterocycles. The summed E-state index contributed by atoms with van der Waals surface area (Å²) in [6.07, 6.45) is -0.309. The summed E-state index contributed by atoms with van der Waals surface area (Å²) in [5, 5.41) is 0.894. The molecule has 26 heavy (non-hydrogen) atoms. The Morgan fingerprint density at radius 3 is 2.38 bits per heavy atom. The molecule has 138 valence electrons. The molecule has 1 fully saturated rings. The molecule has 3 rings (SSSR count). The van der Waals surface area contributed by atoms with Crippen LogP contribution in [0.15, 0.2) is 18.2 Å². The maximum atomic E-state index is 13.3. The first-order valence-corrected chi connectivity index (χ1v) is 9.01. The Hall–Kier alpha value is -2.63. The Bertz CT molecular complexity index is 855. The Morgan fingerprint density at radius 2 is 1.73 bits per heavy atom. The monoisotopic (exact) mass is 355 g/mol. The number of aryl methyl sites for hydroxylation is 2. The zero-order chi connectivity index (χ0) is 18.8. The summed E-state index contributed by atoms with van der Waals surface area (Å²) in [6, 6.07) is 6.00. The van der Waals surface area contributed by atoms with Crippen molar-refractivity contribution < 1.29 is 14.3 Å². The molecular formula is C20H25N3O3. The zero-order valence-electron chi connectivity index (χ0n) is 15.8. The van der Waals surface area contributed by atoms with Crippen LogP contribution in [0.3, 0.4) is 0 Å². The molecule has 2 amide bonds. The van der Waals surface area contributed by atoms with Crippen LogP contribution in [0, 0.1) is 20.8 Å². The van der Waals surface area contributed by atoms with E-state index in [0.717, 1.165) is 33.3 Å². The van der Waals surface area contributed by atoms with Gasteiger partial charge in [-0.2, -0.15) is 0 Å². The minimum atomic E-state index is -0.309. The molecule has 0 spiro atoms. The fourth-order valence-electron chi connectivity index (χ4n) is 3.34.